The van der Waals surface area contributed by atoms with Gasteiger partial charge in [-0.2, -0.15) is 0 Å². The lowest BCUT2D eigenvalue weighted by Gasteiger charge is -2.30. The summed E-state index contributed by atoms with van der Waals surface area (Å²) in [7, 11) is 0. The van der Waals surface area contributed by atoms with Gasteiger partial charge in [-0.3, -0.25) is 14.4 Å². The first-order chi connectivity index (χ1) is 18.8. The monoisotopic (exact) mass is 556 g/mol. The number of piperidine rings is 1. The van der Waals surface area contributed by atoms with Crippen LogP contribution in [0, 0.1) is 0 Å². The van der Waals surface area contributed by atoms with E-state index in [1.807, 2.05) is 0 Å². The number of nitrogens with one attached hydrogen (secondary N) is 3. The van der Waals surface area contributed by atoms with Gasteiger partial charge in [-0.25, -0.2) is 14.2 Å². The minimum Gasteiger partial charge on any atom is -0.349 e. The van der Waals surface area contributed by atoms with E-state index in [1.54, 1.807) is 41.5 Å². The van der Waals surface area contributed by atoms with Gasteiger partial charge in [-0.05, 0) is 51.2 Å². The van der Waals surface area contributed by atoms with Crippen molar-refractivity contribution in [1.82, 2.24) is 25.4 Å². The molecule has 3 fully saturated rings. The Bertz CT molecular complexity index is 1230. The van der Waals surface area contributed by atoms with Gasteiger partial charge in [0.05, 0.1) is 12.2 Å². The Morgan fingerprint density at radius 2 is 1.79 bits per heavy atom. The topological polar surface area (TPSA) is 124 Å². The summed E-state index contributed by atoms with van der Waals surface area (Å²) in [5.74, 6) is -1.12. The summed E-state index contributed by atoms with van der Waals surface area (Å²) in [6, 6.07) is 5.14. The maximum atomic E-state index is 14.4. The molecule has 0 radical (unpaired) electrons. The molecule has 1 saturated carbocycles. The van der Waals surface area contributed by atoms with Crippen LogP contribution < -0.4 is 16.0 Å². The zero-order valence-corrected chi connectivity index (χ0v) is 22.6. The van der Waals surface area contributed by atoms with Crippen LogP contribution in [-0.2, 0) is 9.59 Å². The Hall–Kier alpha value is -3.54. The first-order valence-corrected chi connectivity index (χ1v) is 14.3. The van der Waals surface area contributed by atoms with Crippen LogP contribution in [0.5, 0.6) is 0 Å². The van der Waals surface area contributed by atoms with Crippen LogP contribution in [0.4, 0.5) is 14.3 Å². The van der Waals surface area contributed by atoms with Crippen molar-refractivity contribution in [2.75, 3.05) is 25.0 Å². The van der Waals surface area contributed by atoms with Gasteiger partial charge in [-0.1, -0.05) is 12.1 Å². The Balaban J connectivity index is 1.18. The lowest BCUT2D eigenvalue weighted by molar-refractivity contribution is -0.138. The van der Waals surface area contributed by atoms with Crippen molar-refractivity contribution in [3.05, 3.63) is 35.2 Å². The average molecular weight is 557 g/mol. The zero-order chi connectivity index (χ0) is 27.5. The number of aromatic nitrogens is 1. The number of alkyl halides is 1. The molecule has 1 aliphatic carbocycles. The van der Waals surface area contributed by atoms with Gasteiger partial charge in [0.15, 0.2) is 5.13 Å². The average Bonchev–Trinajstić information content (AvgIpc) is 3.48. The van der Waals surface area contributed by atoms with E-state index >= 15 is 0 Å². The second-order valence-corrected chi connectivity index (χ2v) is 11.3. The molecule has 3 atom stereocenters. The summed E-state index contributed by atoms with van der Waals surface area (Å²) < 4.78 is 14.4. The first-order valence-electron chi connectivity index (χ1n) is 13.5. The number of hydrogen-bond donors (Lipinski definition) is 3. The molecule has 3 aliphatic rings. The molecule has 2 aromatic rings. The Kier molecular flexibility index (Phi) is 8.10. The number of thiazole rings is 1. The van der Waals surface area contributed by atoms with E-state index in [9.17, 15) is 23.6 Å². The smallest absolute Gasteiger partial charge is 0.318 e. The summed E-state index contributed by atoms with van der Waals surface area (Å²) in [6.45, 7) is 2.64. The summed E-state index contributed by atoms with van der Waals surface area (Å²) in [5.41, 5.74) is 1.98. The highest BCUT2D eigenvalue weighted by Gasteiger charge is 2.41. The lowest BCUT2D eigenvalue weighted by Crippen LogP contribution is -2.54. The first kappa shape index (κ1) is 27.0. The molecule has 10 nitrogen and oxygen atoms in total. The number of hydrogen-bond acceptors (Lipinski definition) is 6. The van der Waals surface area contributed by atoms with Crippen molar-refractivity contribution in [3.63, 3.8) is 0 Å². The van der Waals surface area contributed by atoms with Crippen molar-refractivity contribution < 1.29 is 23.6 Å². The molecule has 1 aromatic carbocycles. The molecule has 2 saturated heterocycles. The van der Waals surface area contributed by atoms with Gasteiger partial charge < -0.3 is 25.8 Å². The van der Waals surface area contributed by atoms with Gasteiger partial charge in [0.1, 0.15) is 18.3 Å². The molecule has 1 aromatic heterocycles. The third-order valence-electron chi connectivity index (χ3n) is 7.28. The highest BCUT2D eigenvalue weighted by atomic mass is 32.1. The Labute approximate surface area is 230 Å². The molecular weight excluding hydrogens is 523 g/mol. The molecule has 39 heavy (non-hydrogen) atoms. The Morgan fingerprint density at radius 1 is 1.08 bits per heavy atom. The van der Waals surface area contributed by atoms with Gasteiger partial charge in [0.25, 0.3) is 5.91 Å². The number of benzene rings is 1. The number of amides is 5. The summed E-state index contributed by atoms with van der Waals surface area (Å²) in [5, 5.41) is 10.5. The largest absolute Gasteiger partial charge is 0.349 e. The van der Waals surface area contributed by atoms with Crippen LogP contribution in [0.2, 0.25) is 0 Å². The van der Waals surface area contributed by atoms with Crippen LogP contribution in [0.15, 0.2) is 29.6 Å². The fourth-order valence-electron chi connectivity index (χ4n) is 4.90. The van der Waals surface area contributed by atoms with E-state index < -0.39 is 30.1 Å². The summed E-state index contributed by atoms with van der Waals surface area (Å²) in [6.07, 6.45) is 3.51. The minimum absolute atomic E-state index is 0.0995. The second-order valence-electron chi connectivity index (χ2n) is 10.4. The number of rotatable bonds is 7. The fraction of sp³-hybridized carbons (Fsp3) is 0.519. The van der Waals surface area contributed by atoms with Gasteiger partial charge >= 0.3 is 6.03 Å². The zero-order valence-electron chi connectivity index (χ0n) is 21.8. The number of likely N-dealkylation sites (tertiary alicyclic amines) is 2. The van der Waals surface area contributed by atoms with Crippen LogP contribution in [-0.4, -0.2) is 82.5 Å². The molecule has 3 N–H and O–H groups in total. The van der Waals surface area contributed by atoms with Crippen molar-refractivity contribution >= 4 is 40.2 Å². The van der Waals surface area contributed by atoms with Gasteiger partial charge in [0.2, 0.25) is 11.8 Å². The van der Waals surface area contributed by atoms with Crippen LogP contribution in [0.1, 0.15) is 55.8 Å². The molecule has 12 heteroatoms. The van der Waals surface area contributed by atoms with E-state index in [2.05, 4.69) is 20.9 Å². The van der Waals surface area contributed by atoms with Crippen molar-refractivity contribution in [3.8, 4) is 11.3 Å². The van der Waals surface area contributed by atoms with Crippen LogP contribution in [0.3, 0.4) is 0 Å². The van der Waals surface area contributed by atoms with E-state index in [4.69, 9.17) is 0 Å². The summed E-state index contributed by atoms with van der Waals surface area (Å²) >= 11 is 1.22. The minimum atomic E-state index is -1.34. The quantitative estimate of drug-likeness (QED) is 0.484. The molecule has 5 amide bonds. The molecule has 2 aliphatic heterocycles. The van der Waals surface area contributed by atoms with Crippen LogP contribution >= 0.6 is 11.3 Å². The van der Waals surface area contributed by atoms with E-state index in [-0.39, 0.29) is 30.9 Å². The number of carbonyl (C=O) groups is 4. The highest BCUT2D eigenvalue weighted by Crippen LogP contribution is 2.28. The number of nitrogens with zero attached hydrogens (tertiary/aromatic N) is 3. The maximum Gasteiger partial charge on any atom is 0.318 e. The van der Waals surface area contributed by atoms with Crippen molar-refractivity contribution in [1.29, 1.82) is 0 Å². The highest BCUT2D eigenvalue weighted by molar-refractivity contribution is 7.14. The second kappa shape index (κ2) is 11.7. The number of urea groups is 1. The predicted molar refractivity (Wildman–Crippen MR) is 145 cm³/mol. The van der Waals surface area contributed by atoms with Crippen LogP contribution in [0.25, 0.3) is 11.3 Å². The lowest BCUT2D eigenvalue weighted by atomic mass is 10.1. The summed E-state index contributed by atoms with van der Waals surface area (Å²) in [4.78, 5) is 58.3. The maximum absolute atomic E-state index is 14.4. The SMILES string of the molecule is CC(NC(=O)N1CCCCC1)C(=O)N1CC(F)CC1C(=O)Nc1nc(-c2ccc(C(=O)NC3CC3)cc2)cs1. The number of halogens is 1. The van der Waals surface area contributed by atoms with Gasteiger partial charge in [-0.15, -0.1) is 11.3 Å². The standard InChI is InChI=1S/C27H33FN6O4S/c1-16(29-27(38)33-11-3-2-4-12-33)25(37)34-14-19(28)13-22(34)24(36)32-26-31-21(15-39-26)17-5-7-18(8-6-17)23(35)30-20-9-10-20/h5-8,15-16,19-20,22H,2-4,9-14H2,1H3,(H,29,38)(H,30,35)(H,31,32,36). The normalized spacial score (nSPS) is 21.8. The molecule has 0 spiro atoms. The van der Waals surface area contributed by atoms with Gasteiger partial charge in [0, 0.05) is 42.1 Å². The molecule has 0 bridgehead atoms. The third kappa shape index (κ3) is 6.55. The number of anilines is 1. The molecule has 5 rings (SSSR count). The predicted octanol–water partition coefficient (Wildman–Crippen LogP) is 3.16. The molecule has 3 unspecified atom stereocenters. The fourth-order valence-corrected chi connectivity index (χ4v) is 5.62. The molecule has 3 heterocycles. The Morgan fingerprint density at radius 3 is 2.49 bits per heavy atom. The van der Waals surface area contributed by atoms with Crippen molar-refractivity contribution in [2.24, 2.45) is 0 Å². The number of carbonyl (C=O) groups excluding carboxylic acids is 4. The third-order valence-corrected chi connectivity index (χ3v) is 8.04. The van der Waals surface area contributed by atoms with Crippen molar-refractivity contribution in [2.45, 2.75) is 69.7 Å². The van der Waals surface area contributed by atoms with E-state index in [0.717, 1.165) is 37.7 Å². The van der Waals surface area contributed by atoms with E-state index in [0.29, 0.717) is 29.5 Å². The molecule has 208 valence electrons. The van der Waals surface area contributed by atoms with E-state index in [1.165, 1.54) is 16.2 Å². The molecular formula is C27H33FN6O4S.